The van der Waals surface area contributed by atoms with Crippen LogP contribution in [0, 0.1) is 18.3 Å². The van der Waals surface area contributed by atoms with Gasteiger partial charge in [-0.1, -0.05) is 19.6 Å². The van der Waals surface area contributed by atoms with Crippen LogP contribution >= 0.6 is 11.3 Å². The number of aromatic nitrogens is 4. The molecule has 0 fully saturated rings. The van der Waals surface area contributed by atoms with Gasteiger partial charge in [-0.25, -0.2) is 18.4 Å². The van der Waals surface area contributed by atoms with Crippen molar-refractivity contribution in [2.75, 3.05) is 26.4 Å². The van der Waals surface area contributed by atoms with E-state index in [9.17, 15) is 14.0 Å². The van der Waals surface area contributed by atoms with E-state index in [1.54, 1.807) is 16.8 Å². The molecule has 0 unspecified atom stereocenters. The maximum absolute atomic E-state index is 14.7. The minimum Gasteiger partial charge on any atom is -0.474 e. The van der Waals surface area contributed by atoms with Gasteiger partial charge >= 0.3 is 0 Å². The summed E-state index contributed by atoms with van der Waals surface area (Å²) in [5.41, 5.74) is 1.95. The molecule has 218 valence electrons. The van der Waals surface area contributed by atoms with Crippen LogP contribution in [0.5, 0.6) is 5.88 Å². The maximum Gasteiger partial charge on any atom is 0.282 e. The van der Waals surface area contributed by atoms with E-state index in [0.29, 0.717) is 39.3 Å². The van der Waals surface area contributed by atoms with E-state index in [2.05, 4.69) is 35.8 Å². The lowest BCUT2D eigenvalue weighted by molar-refractivity contribution is -0.0251. The Labute approximate surface area is 241 Å². The van der Waals surface area contributed by atoms with Crippen LogP contribution in [0.15, 0.2) is 24.4 Å². The summed E-state index contributed by atoms with van der Waals surface area (Å²) in [6.45, 7) is 9.54. The van der Waals surface area contributed by atoms with Crippen molar-refractivity contribution < 1.29 is 28.1 Å². The molecule has 0 radical (unpaired) electrons. The molecule has 13 heteroatoms. The number of aryl methyl sites for hydroxylation is 1. The molecule has 0 spiro atoms. The molecule has 4 aromatic rings. The lowest BCUT2D eigenvalue weighted by Crippen LogP contribution is -2.33. The number of aliphatic hydroxyl groups is 1. The Morgan fingerprint density at radius 3 is 2.80 bits per heavy atom. The number of hydrogen-bond acceptors (Lipinski definition) is 8. The number of rotatable bonds is 11. The van der Waals surface area contributed by atoms with Crippen molar-refractivity contribution in [3.63, 3.8) is 0 Å². The summed E-state index contributed by atoms with van der Waals surface area (Å²) in [5, 5.41) is 24.1. The Balaban J connectivity index is 1.75. The lowest BCUT2D eigenvalue weighted by atomic mass is 9.98. The number of hydrogen-bond donors (Lipinski definition) is 1. The Morgan fingerprint density at radius 1 is 1.29 bits per heavy atom. The zero-order valence-electron chi connectivity index (χ0n) is 23.5. The fourth-order valence-electron chi connectivity index (χ4n) is 5.00. The first-order valence-electron chi connectivity index (χ1n) is 13.4. The molecule has 0 amide bonds. The van der Waals surface area contributed by atoms with E-state index >= 15 is 0 Å². The van der Waals surface area contributed by atoms with Gasteiger partial charge in [0.1, 0.15) is 41.7 Å². The van der Waals surface area contributed by atoms with Gasteiger partial charge in [-0.15, -0.1) is 11.3 Å². The molecule has 0 aliphatic carbocycles. The number of nitriles is 1. The highest BCUT2D eigenvalue weighted by Gasteiger charge is 2.36. The van der Waals surface area contributed by atoms with Gasteiger partial charge < -0.3 is 23.9 Å². The first kappa shape index (κ1) is 29.3. The van der Waals surface area contributed by atoms with Crippen molar-refractivity contribution in [2.24, 2.45) is 0 Å². The number of ether oxygens (including phenoxy) is 3. The van der Waals surface area contributed by atoms with Gasteiger partial charge in [-0.3, -0.25) is 0 Å². The second-order valence-electron chi connectivity index (χ2n) is 11.2. The van der Waals surface area contributed by atoms with E-state index in [-0.39, 0.29) is 44.5 Å². The summed E-state index contributed by atoms with van der Waals surface area (Å²) < 4.78 is 50.4. The molecule has 9 nitrogen and oxygen atoms in total. The standard InChI is InChI=1S/C28H33F2N5O4SSi/c1-17-12-20(21(13-31)40-17)22-19-6-5-7-32-27(19)34(16-37-10-11-41(2,3)4)25(22)23-24(26(29)30)33-35-14-18(38-9-8-36)15-39-28(23)35/h5-7,12,18,26,36H,8-11,14-16H2,1-4H3/t18-/m0/s1. The van der Waals surface area contributed by atoms with Crippen LogP contribution in [0.4, 0.5) is 8.78 Å². The number of pyridine rings is 1. The predicted octanol–water partition coefficient (Wildman–Crippen LogP) is 5.83. The average Bonchev–Trinajstić information content (AvgIpc) is 3.59. The van der Waals surface area contributed by atoms with Gasteiger partial charge in [-0.05, 0) is 31.2 Å². The van der Waals surface area contributed by atoms with Crippen LogP contribution in [-0.2, 0) is 22.7 Å². The Hall–Kier alpha value is -3.15. The topological polar surface area (TPSA) is 107 Å². The number of halogens is 2. The summed E-state index contributed by atoms with van der Waals surface area (Å²) in [7, 11) is -1.38. The molecule has 41 heavy (non-hydrogen) atoms. The largest absolute Gasteiger partial charge is 0.474 e. The maximum atomic E-state index is 14.7. The van der Waals surface area contributed by atoms with Crippen molar-refractivity contribution in [2.45, 2.75) is 58.4 Å². The van der Waals surface area contributed by atoms with E-state index in [4.69, 9.17) is 19.3 Å². The minimum absolute atomic E-state index is 0.0772. The van der Waals surface area contributed by atoms with Gasteiger partial charge in [0.05, 0.1) is 31.0 Å². The molecule has 0 saturated heterocycles. The number of thiophene rings is 1. The highest BCUT2D eigenvalue weighted by Crippen LogP contribution is 2.49. The van der Waals surface area contributed by atoms with Crippen molar-refractivity contribution in [3.05, 3.63) is 39.8 Å². The van der Waals surface area contributed by atoms with Crippen LogP contribution in [0.3, 0.4) is 0 Å². The predicted molar refractivity (Wildman–Crippen MR) is 155 cm³/mol. The third-order valence-corrected chi connectivity index (χ3v) is 9.52. The van der Waals surface area contributed by atoms with E-state index in [0.717, 1.165) is 10.9 Å². The molecule has 1 atom stereocenters. The van der Waals surface area contributed by atoms with E-state index in [1.807, 2.05) is 19.1 Å². The molecule has 4 aromatic heterocycles. The normalized spacial score (nSPS) is 15.3. The first-order chi connectivity index (χ1) is 19.6. The summed E-state index contributed by atoms with van der Waals surface area (Å²) in [6.07, 6.45) is -1.70. The molecular formula is C28H33F2N5O4SSi. The number of alkyl halides is 2. The van der Waals surface area contributed by atoms with Crippen LogP contribution < -0.4 is 4.74 Å². The number of nitrogens with zero attached hydrogens (tertiary/aromatic N) is 5. The quantitative estimate of drug-likeness (QED) is 0.170. The zero-order chi connectivity index (χ0) is 29.3. The second kappa shape index (κ2) is 12.0. The molecule has 0 aromatic carbocycles. The lowest BCUT2D eigenvalue weighted by Gasteiger charge is -2.25. The second-order valence-corrected chi connectivity index (χ2v) is 18.0. The third-order valence-electron chi connectivity index (χ3n) is 6.87. The minimum atomic E-state index is -2.90. The Bertz CT molecular complexity index is 1590. The molecule has 1 N–H and O–H groups in total. The summed E-state index contributed by atoms with van der Waals surface area (Å²) in [5.74, 6) is 0.196. The average molecular weight is 602 g/mol. The summed E-state index contributed by atoms with van der Waals surface area (Å²) >= 11 is 1.35. The first-order valence-corrected chi connectivity index (χ1v) is 18.0. The zero-order valence-corrected chi connectivity index (χ0v) is 25.3. The van der Waals surface area contributed by atoms with Gasteiger partial charge in [0, 0.05) is 42.3 Å². The molecule has 0 bridgehead atoms. The Kier molecular flexibility index (Phi) is 8.58. The van der Waals surface area contributed by atoms with Crippen molar-refractivity contribution >= 4 is 30.4 Å². The van der Waals surface area contributed by atoms with Gasteiger partial charge in [-0.2, -0.15) is 10.4 Å². The molecule has 1 aliphatic rings. The number of fused-ring (bicyclic) bond motifs is 2. The van der Waals surface area contributed by atoms with Gasteiger partial charge in [0.2, 0.25) is 5.88 Å². The third kappa shape index (κ3) is 5.93. The van der Waals surface area contributed by atoms with Crippen LogP contribution in [0.1, 0.15) is 21.9 Å². The van der Waals surface area contributed by atoms with Crippen LogP contribution in [0.25, 0.3) is 33.4 Å². The smallest absolute Gasteiger partial charge is 0.282 e. The summed E-state index contributed by atoms with van der Waals surface area (Å²) in [4.78, 5) is 6.03. The number of aliphatic hydroxyl groups excluding tert-OH is 1. The van der Waals surface area contributed by atoms with Crippen LogP contribution in [-0.4, -0.2) is 65.0 Å². The van der Waals surface area contributed by atoms with Gasteiger partial charge in [0.25, 0.3) is 6.43 Å². The van der Waals surface area contributed by atoms with Gasteiger partial charge in [0.15, 0.2) is 0 Å². The fourth-order valence-corrected chi connectivity index (χ4v) is 6.57. The van der Waals surface area contributed by atoms with E-state index < -0.39 is 26.3 Å². The fraction of sp³-hybridized carbons (Fsp3) is 0.464. The molecular weight excluding hydrogens is 568 g/mol. The van der Waals surface area contributed by atoms with Crippen molar-refractivity contribution in [1.29, 1.82) is 5.26 Å². The molecule has 5 heterocycles. The van der Waals surface area contributed by atoms with Crippen LogP contribution in [0.2, 0.25) is 25.7 Å². The van der Waals surface area contributed by atoms with E-state index in [1.165, 1.54) is 16.0 Å². The Morgan fingerprint density at radius 2 is 2.10 bits per heavy atom. The monoisotopic (exact) mass is 601 g/mol. The highest BCUT2D eigenvalue weighted by molar-refractivity contribution is 7.13. The summed E-state index contributed by atoms with van der Waals surface area (Å²) in [6, 6.07) is 8.79. The highest BCUT2D eigenvalue weighted by atomic mass is 32.1. The molecule has 0 saturated carbocycles. The SMILES string of the molecule is Cc1cc(-c2c(-c3c(C(F)F)nn4c3OC[C@@H](OCCO)C4)n(COCC[Si](C)(C)C)c3ncccc23)c(C#N)s1. The molecule has 1 aliphatic heterocycles. The molecule has 5 rings (SSSR count). The van der Waals surface area contributed by atoms with Crippen molar-refractivity contribution in [1.82, 2.24) is 19.3 Å². The van der Waals surface area contributed by atoms with Crippen molar-refractivity contribution in [3.8, 4) is 34.3 Å².